The first-order valence-corrected chi connectivity index (χ1v) is 18.2. The van der Waals surface area contributed by atoms with Gasteiger partial charge in [-0.2, -0.15) is 5.10 Å². The second kappa shape index (κ2) is 12.5. The molecule has 8 nitrogen and oxygen atoms in total. The fourth-order valence-electron chi connectivity index (χ4n) is 5.73. The first-order valence-electron chi connectivity index (χ1n) is 14.7. The lowest BCUT2D eigenvalue weighted by molar-refractivity contribution is -0.129. The van der Waals surface area contributed by atoms with Crippen LogP contribution >= 0.6 is 18.5 Å². The highest BCUT2D eigenvalue weighted by Crippen LogP contribution is 2.47. The van der Waals surface area contributed by atoms with Gasteiger partial charge in [0.25, 0.3) is 0 Å². The van der Waals surface area contributed by atoms with E-state index in [0.29, 0.717) is 40.4 Å². The van der Waals surface area contributed by atoms with Gasteiger partial charge >= 0.3 is 0 Å². The molecule has 0 N–H and O–H groups in total. The molecule has 1 unspecified atom stereocenters. The molecule has 0 saturated heterocycles. The maximum absolute atomic E-state index is 16.0. The van der Waals surface area contributed by atoms with Crippen molar-refractivity contribution in [2.75, 3.05) is 33.7 Å². The second-order valence-corrected chi connectivity index (χ2v) is 15.7. The van der Waals surface area contributed by atoms with Gasteiger partial charge in [-0.05, 0) is 43.8 Å². The summed E-state index contributed by atoms with van der Waals surface area (Å²) in [7, 11) is -0.964. The highest BCUT2D eigenvalue weighted by atomic mass is 32.1. The molecule has 0 aliphatic carbocycles. The number of hydrogen-bond donors (Lipinski definition) is 0. The summed E-state index contributed by atoms with van der Waals surface area (Å²) in [6.45, 7) is 10.1. The number of nitrogens with zero attached hydrogens (tertiary/aromatic N) is 4. The zero-order valence-electron chi connectivity index (χ0n) is 25.9. The lowest BCUT2D eigenvalue weighted by Crippen LogP contribution is -2.44. The summed E-state index contributed by atoms with van der Waals surface area (Å²) < 4.78 is 56.9. The van der Waals surface area contributed by atoms with Crippen molar-refractivity contribution in [1.82, 2.24) is 19.7 Å². The van der Waals surface area contributed by atoms with Gasteiger partial charge in [0.2, 0.25) is 5.91 Å². The summed E-state index contributed by atoms with van der Waals surface area (Å²) in [5.74, 6) is -1.73. The molecular weight excluding hydrogens is 629 g/mol. The van der Waals surface area contributed by atoms with Crippen molar-refractivity contribution in [3.05, 3.63) is 83.9 Å². The number of rotatable bonds is 9. The number of hydrogen-bond acceptors (Lipinski definition) is 7. The molecule has 0 bridgehead atoms. The minimum atomic E-state index is -2.48. The minimum Gasteiger partial charge on any atom is -0.490 e. The zero-order valence-corrected chi connectivity index (χ0v) is 27.6. The van der Waals surface area contributed by atoms with E-state index >= 15 is 4.39 Å². The predicted octanol–water partition coefficient (Wildman–Crippen LogP) is 6.96. The molecule has 1 atom stereocenters. The molecule has 0 fully saturated rings. The van der Waals surface area contributed by atoms with Crippen molar-refractivity contribution in [2.45, 2.75) is 26.1 Å². The number of thiophene rings is 1. The van der Waals surface area contributed by atoms with E-state index < -0.39 is 18.8 Å². The molecule has 1 amide bonds. The molecule has 46 heavy (non-hydrogen) atoms. The van der Waals surface area contributed by atoms with E-state index in [0.717, 1.165) is 34.1 Å². The molecule has 4 heterocycles. The molecule has 0 radical (unpaired) electrons. The third-order valence-electron chi connectivity index (χ3n) is 8.05. The van der Waals surface area contributed by atoms with Gasteiger partial charge in [0, 0.05) is 51.8 Å². The van der Waals surface area contributed by atoms with Crippen LogP contribution in [0.1, 0.15) is 12.6 Å². The number of pyridine rings is 1. The van der Waals surface area contributed by atoms with Gasteiger partial charge in [0.15, 0.2) is 0 Å². The van der Waals surface area contributed by atoms with Gasteiger partial charge in [0.1, 0.15) is 42.5 Å². The van der Waals surface area contributed by atoms with Gasteiger partial charge in [0.05, 0.1) is 36.6 Å². The first-order chi connectivity index (χ1) is 22.0. The van der Waals surface area contributed by atoms with E-state index in [4.69, 9.17) is 19.6 Å². The number of benzene rings is 2. The standard InChI is InChI=1S/C34H33F2N4O4PS/c1-6-29(41)39-19-23-17-27(38-40(23)18-20(39)2)33-31(30-26(36)15-22(35)16-28(30)44-13-12-43-3)34-25(11-14-46-34)32(37-33)21-7-9-24(10-8-21)45(4,5)42/h6-11,14-17,20H,1,12-13,18-19H2,2-5H3. The van der Waals surface area contributed by atoms with E-state index in [1.54, 1.807) is 18.2 Å². The molecule has 1 aliphatic rings. The summed E-state index contributed by atoms with van der Waals surface area (Å²) in [5, 5.41) is 8.31. The van der Waals surface area contributed by atoms with Crippen molar-refractivity contribution < 1.29 is 27.6 Å². The number of methoxy groups -OCH3 is 1. The number of halogens is 2. The summed E-state index contributed by atoms with van der Waals surface area (Å²) in [5.41, 5.74) is 3.53. The van der Waals surface area contributed by atoms with Gasteiger partial charge < -0.3 is 18.9 Å². The molecule has 5 aromatic rings. The highest BCUT2D eigenvalue weighted by Gasteiger charge is 2.30. The molecule has 6 rings (SSSR count). The molecule has 3 aromatic heterocycles. The maximum atomic E-state index is 16.0. The average molecular weight is 663 g/mol. The van der Waals surface area contributed by atoms with Crippen LogP contribution in [0.3, 0.4) is 0 Å². The normalized spacial score (nSPS) is 14.8. The van der Waals surface area contributed by atoms with Gasteiger partial charge in [-0.3, -0.25) is 9.48 Å². The van der Waals surface area contributed by atoms with Crippen molar-refractivity contribution in [1.29, 1.82) is 0 Å². The van der Waals surface area contributed by atoms with Crippen LogP contribution in [0, 0.1) is 11.6 Å². The topological polar surface area (TPSA) is 86.6 Å². The SMILES string of the molecule is C=CC(=O)N1Cc2cc(-c3nc(-c4ccc(P(C)(C)=O)cc4)c4ccsc4c3-c3c(F)cc(F)cc3OCCOC)nn2CC1C. The number of carbonyl (C=O) groups is 1. The van der Waals surface area contributed by atoms with Crippen LogP contribution in [0.2, 0.25) is 0 Å². The monoisotopic (exact) mass is 662 g/mol. The Morgan fingerprint density at radius 2 is 1.87 bits per heavy atom. The van der Waals surface area contributed by atoms with Crippen LogP contribution in [0.25, 0.3) is 43.9 Å². The number of ether oxygens (including phenoxy) is 2. The van der Waals surface area contributed by atoms with Crippen LogP contribution in [0.5, 0.6) is 5.75 Å². The van der Waals surface area contributed by atoms with Crippen molar-refractivity contribution in [3.8, 4) is 39.5 Å². The third-order valence-corrected chi connectivity index (χ3v) is 10.5. The number of aromatic nitrogens is 3. The Balaban J connectivity index is 1.61. The summed E-state index contributed by atoms with van der Waals surface area (Å²) in [4.78, 5) is 19.4. The van der Waals surface area contributed by atoms with E-state index in [1.807, 2.05) is 53.4 Å². The largest absolute Gasteiger partial charge is 0.490 e. The van der Waals surface area contributed by atoms with Crippen LogP contribution in [0.15, 0.2) is 66.6 Å². The Morgan fingerprint density at radius 3 is 2.57 bits per heavy atom. The van der Waals surface area contributed by atoms with Crippen molar-refractivity contribution in [3.63, 3.8) is 0 Å². The Hall–Kier alpha value is -4.18. The van der Waals surface area contributed by atoms with E-state index in [1.165, 1.54) is 24.5 Å². The maximum Gasteiger partial charge on any atom is 0.246 e. The van der Waals surface area contributed by atoms with Gasteiger partial charge in [-0.25, -0.2) is 13.8 Å². The number of carbonyl (C=O) groups excluding carboxylic acids is 1. The minimum absolute atomic E-state index is 0.0198. The molecule has 12 heteroatoms. The molecule has 1 aliphatic heterocycles. The van der Waals surface area contributed by atoms with Crippen LogP contribution in [-0.2, 0) is 27.2 Å². The fourth-order valence-corrected chi connectivity index (χ4v) is 7.55. The lowest BCUT2D eigenvalue weighted by Gasteiger charge is -2.33. The Labute approximate surface area is 269 Å². The first kappa shape index (κ1) is 31.8. The molecule has 2 aromatic carbocycles. The zero-order chi connectivity index (χ0) is 32.7. The highest BCUT2D eigenvalue weighted by molar-refractivity contribution is 7.70. The van der Waals surface area contributed by atoms with E-state index in [2.05, 4.69) is 6.58 Å². The fraction of sp³-hybridized carbons (Fsp3) is 0.265. The van der Waals surface area contributed by atoms with Gasteiger partial charge in [-0.1, -0.05) is 30.8 Å². The molecule has 0 saturated carbocycles. The van der Waals surface area contributed by atoms with Crippen LogP contribution in [-0.4, -0.2) is 65.3 Å². The Bertz CT molecular complexity index is 2020. The number of fused-ring (bicyclic) bond motifs is 2. The summed E-state index contributed by atoms with van der Waals surface area (Å²) in [6, 6.07) is 13.1. The van der Waals surface area contributed by atoms with Crippen molar-refractivity contribution in [2.24, 2.45) is 0 Å². The lowest BCUT2D eigenvalue weighted by atomic mass is 9.96. The smallest absolute Gasteiger partial charge is 0.246 e. The molecular formula is C34H33F2N4O4PS. The van der Waals surface area contributed by atoms with Crippen molar-refractivity contribution >= 4 is 39.8 Å². The number of amides is 1. The molecule has 0 spiro atoms. The quantitative estimate of drug-likeness (QED) is 0.0964. The third kappa shape index (κ3) is 5.90. The average Bonchev–Trinajstić information content (AvgIpc) is 3.67. The second-order valence-electron chi connectivity index (χ2n) is 11.6. The van der Waals surface area contributed by atoms with E-state index in [-0.39, 0.29) is 36.5 Å². The predicted molar refractivity (Wildman–Crippen MR) is 178 cm³/mol. The van der Waals surface area contributed by atoms with Gasteiger partial charge in [-0.15, -0.1) is 11.3 Å². The molecule has 238 valence electrons. The Morgan fingerprint density at radius 1 is 1.11 bits per heavy atom. The van der Waals surface area contributed by atoms with Crippen LogP contribution < -0.4 is 10.0 Å². The summed E-state index contributed by atoms with van der Waals surface area (Å²) in [6.07, 6.45) is 1.30. The van der Waals surface area contributed by atoms with E-state index in [9.17, 15) is 13.8 Å². The Kier molecular flexibility index (Phi) is 8.67. The van der Waals surface area contributed by atoms with Crippen LogP contribution in [0.4, 0.5) is 8.78 Å². The summed E-state index contributed by atoms with van der Waals surface area (Å²) >= 11 is 1.40.